The molecule has 0 aromatic heterocycles. The van der Waals surface area contributed by atoms with Crippen LogP contribution in [0.2, 0.25) is 0 Å². The van der Waals surface area contributed by atoms with Gasteiger partial charge in [0, 0.05) is 19.6 Å². The van der Waals surface area contributed by atoms with E-state index in [1.54, 1.807) is 0 Å². The fourth-order valence-electron chi connectivity index (χ4n) is 3.26. The Kier molecular flexibility index (Phi) is 8.36. The fourth-order valence-corrected chi connectivity index (χ4v) is 3.26. The van der Waals surface area contributed by atoms with Gasteiger partial charge in [-0.05, 0) is 36.5 Å². The first-order valence-corrected chi connectivity index (χ1v) is 9.64. The van der Waals surface area contributed by atoms with Gasteiger partial charge in [0.2, 0.25) is 0 Å². The number of aryl methyl sites for hydroxylation is 2. The highest BCUT2D eigenvalue weighted by atomic mass is 16.4. The Morgan fingerprint density at radius 3 is 2.27 bits per heavy atom. The van der Waals surface area contributed by atoms with Crippen molar-refractivity contribution in [2.45, 2.75) is 59.0 Å². The third-order valence-corrected chi connectivity index (χ3v) is 4.60. The molecule has 3 heteroatoms. The molecule has 2 aromatic carbocycles. The standard InChI is InChI=1S/C23H31NO2/c1-3-4-5-9-20-10-7-12-22(16-20)18-24(14-13-23(25)26)17-21-11-6-8-19(2)15-21/h6-8,10-12,15-16H,3-5,9,13-14,17-18H2,1-2H3,(H,25,26). The van der Waals surface area contributed by atoms with E-state index in [0.29, 0.717) is 6.54 Å². The number of nitrogens with zero attached hydrogens (tertiary/aromatic N) is 1. The second kappa shape index (κ2) is 10.8. The van der Waals surface area contributed by atoms with Gasteiger partial charge in [0.05, 0.1) is 6.42 Å². The zero-order valence-electron chi connectivity index (χ0n) is 16.1. The van der Waals surface area contributed by atoms with Crippen LogP contribution < -0.4 is 0 Å². The van der Waals surface area contributed by atoms with E-state index in [9.17, 15) is 4.79 Å². The molecular weight excluding hydrogens is 322 g/mol. The Balaban J connectivity index is 2.05. The maximum absolute atomic E-state index is 11.0. The highest BCUT2D eigenvalue weighted by Gasteiger charge is 2.10. The second-order valence-electron chi connectivity index (χ2n) is 7.12. The van der Waals surface area contributed by atoms with E-state index in [-0.39, 0.29) is 6.42 Å². The smallest absolute Gasteiger partial charge is 0.304 e. The van der Waals surface area contributed by atoms with E-state index in [0.717, 1.165) is 19.5 Å². The van der Waals surface area contributed by atoms with Crippen molar-refractivity contribution in [1.29, 1.82) is 0 Å². The summed E-state index contributed by atoms with van der Waals surface area (Å²) in [4.78, 5) is 13.3. The molecule has 0 aliphatic rings. The van der Waals surface area contributed by atoms with Crippen LogP contribution in [0.1, 0.15) is 54.9 Å². The van der Waals surface area contributed by atoms with Gasteiger partial charge in [0.25, 0.3) is 0 Å². The van der Waals surface area contributed by atoms with Crippen molar-refractivity contribution in [1.82, 2.24) is 4.90 Å². The highest BCUT2D eigenvalue weighted by Crippen LogP contribution is 2.15. The van der Waals surface area contributed by atoms with E-state index in [1.807, 2.05) is 0 Å². The molecule has 0 spiro atoms. The van der Waals surface area contributed by atoms with Gasteiger partial charge < -0.3 is 5.11 Å². The molecule has 0 saturated carbocycles. The van der Waals surface area contributed by atoms with Crippen molar-refractivity contribution < 1.29 is 9.90 Å². The molecule has 0 aliphatic heterocycles. The Hall–Kier alpha value is -2.13. The van der Waals surface area contributed by atoms with Gasteiger partial charge in [-0.15, -0.1) is 0 Å². The van der Waals surface area contributed by atoms with E-state index < -0.39 is 5.97 Å². The number of carboxylic acid groups (broad SMARTS) is 1. The average molecular weight is 354 g/mol. The van der Waals surface area contributed by atoms with Crippen molar-refractivity contribution >= 4 is 5.97 Å². The Labute approximate surface area is 157 Å². The molecular formula is C23H31NO2. The predicted molar refractivity (Wildman–Crippen MR) is 107 cm³/mol. The molecule has 0 saturated heterocycles. The Bertz CT molecular complexity index is 696. The van der Waals surface area contributed by atoms with Crippen LogP contribution >= 0.6 is 0 Å². The monoisotopic (exact) mass is 353 g/mol. The summed E-state index contributed by atoms with van der Waals surface area (Å²) in [5.74, 6) is -0.743. The third kappa shape index (κ3) is 7.40. The molecule has 1 N–H and O–H groups in total. The van der Waals surface area contributed by atoms with Crippen molar-refractivity contribution in [2.75, 3.05) is 6.54 Å². The number of aliphatic carboxylic acids is 1. The lowest BCUT2D eigenvalue weighted by atomic mass is 10.0. The van der Waals surface area contributed by atoms with Crippen molar-refractivity contribution in [2.24, 2.45) is 0 Å². The van der Waals surface area contributed by atoms with Gasteiger partial charge in [-0.2, -0.15) is 0 Å². The maximum atomic E-state index is 11.0. The van der Waals surface area contributed by atoms with Crippen LogP contribution in [0.15, 0.2) is 48.5 Å². The molecule has 0 aliphatic carbocycles. The average Bonchev–Trinajstić information content (AvgIpc) is 2.60. The first-order chi connectivity index (χ1) is 12.6. The largest absolute Gasteiger partial charge is 0.481 e. The number of benzene rings is 2. The molecule has 0 radical (unpaired) electrons. The van der Waals surface area contributed by atoms with Gasteiger partial charge >= 0.3 is 5.97 Å². The van der Waals surface area contributed by atoms with Crippen LogP contribution in [-0.2, 0) is 24.3 Å². The van der Waals surface area contributed by atoms with Gasteiger partial charge in [-0.1, -0.05) is 73.9 Å². The van der Waals surface area contributed by atoms with Crippen LogP contribution in [0.25, 0.3) is 0 Å². The molecule has 140 valence electrons. The minimum atomic E-state index is -0.743. The summed E-state index contributed by atoms with van der Waals surface area (Å²) in [6.07, 6.45) is 5.02. The van der Waals surface area contributed by atoms with E-state index in [4.69, 9.17) is 5.11 Å². The van der Waals surface area contributed by atoms with Crippen molar-refractivity contribution in [3.63, 3.8) is 0 Å². The molecule has 0 heterocycles. The van der Waals surface area contributed by atoms with E-state index in [1.165, 1.54) is 41.5 Å². The maximum Gasteiger partial charge on any atom is 0.304 e. The highest BCUT2D eigenvalue weighted by molar-refractivity contribution is 5.66. The summed E-state index contributed by atoms with van der Waals surface area (Å²) >= 11 is 0. The first-order valence-electron chi connectivity index (χ1n) is 9.64. The minimum Gasteiger partial charge on any atom is -0.481 e. The molecule has 0 unspecified atom stereocenters. The molecule has 0 atom stereocenters. The van der Waals surface area contributed by atoms with Crippen LogP contribution in [0, 0.1) is 6.92 Å². The second-order valence-corrected chi connectivity index (χ2v) is 7.12. The van der Waals surface area contributed by atoms with E-state index >= 15 is 0 Å². The fraction of sp³-hybridized carbons (Fsp3) is 0.435. The summed E-state index contributed by atoms with van der Waals surface area (Å²) in [6, 6.07) is 17.2. The quantitative estimate of drug-likeness (QED) is 0.564. The number of carboxylic acids is 1. The number of hydrogen-bond acceptors (Lipinski definition) is 2. The summed E-state index contributed by atoms with van der Waals surface area (Å²) in [7, 11) is 0. The SMILES string of the molecule is CCCCCc1cccc(CN(CCC(=O)O)Cc2cccc(C)c2)c1. The molecule has 26 heavy (non-hydrogen) atoms. The van der Waals surface area contributed by atoms with Crippen LogP contribution in [-0.4, -0.2) is 22.5 Å². The zero-order chi connectivity index (χ0) is 18.8. The molecule has 0 fully saturated rings. The molecule has 0 amide bonds. The third-order valence-electron chi connectivity index (χ3n) is 4.60. The zero-order valence-corrected chi connectivity index (χ0v) is 16.1. The molecule has 0 bridgehead atoms. The molecule has 2 rings (SSSR count). The minimum absolute atomic E-state index is 0.169. The van der Waals surface area contributed by atoms with Gasteiger partial charge in [0.15, 0.2) is 0 Å². The van der Waals surface area contributed by atoms with Crippen LogP contribution in [0.3, 0.4) is 0 Å². The number of rotatable bonds is 11. The normalized spacial score (nSPS) is 11.0. The summed E-state index contributed by atoms with van der Waals surface area (Å²) in [5, 5.41) is 9.08. The molecule has 2 aromatic rings. The molecule has 3 nitrogen and oxygen atoms in total. The number of hydrogen-bond donors (Lipinski definition) is 1. The number of carbonyl (C=O) groups is 1. The van der Waals surface area contributed by atoms with Crippen molar-refractivity contribution in [3.05, 3.63) is 70.8 Å². The lowest BCUT2D eigenvalue weighted by Crippen LogP contribution is -2.25. The summed E-state index contributed by atoms with van der Waals surface area (Å²) in [5.41, 5.74) is 5.11. The van der Waals surface area contributed by atoms with Gasteiger partial charge in [-0.25, -0.2) is 0 Å². The predicted octanol–water partition coefficient (Wildman–Crippen LogP) is 5.20. The van der Waals surface area contributed by atoms with Crippen molar-refractivity contribution in [3.8, 4) is 0 Å². The first kappa shape index (κ1) is 20.2. The van der Waals surface area contributed by atoms with Gasteiger partial charge in [0.1, 0.15) is 0 Å². The Morgan fingerprint density at radius 2 is 1.62 bits per heavy atom. The van der Waals surface area contributed by atoms with Crippen LogP contribution in [0.4, 0.5) is 0 Å². The van der Waals surface area contributed by atoms with Crippen LogP contribution in [0.5, 0.6) is 0 Å². The topological polar surface area (TPSA) is 40.5 Å². The van der Waals surface area contributed by atoms with E-state index in [2.05, 4.69) is 67.3 Å². The van der Waals surface area contributed by atoms with Gasteiger partial charge in [-0.3, -0.25) is 9.69 Å². The summed E-state index contributed by atoms with van der Waals surface area (Å²) in [6.45, 7) is 6.42. The lowest BCUT2D eigenvalue weighted by Gasteiger charge is -2.22. The lowest BCUT2D eigenvalue weighted by molar-refractivity contribution is -0.137. The summed E-state index contributed by atoms with van der Waals surface area (Å²) < 4.78 is 0. The number of unbranched alkanes of at least 4 members (excludes halogenated alkanes) is 2. The Morgan fingerprint density at radius 1 is 0.962 bits per heavy atom.